The van der Waals surface area contributed by atoms with Crippen LogP contribution < -0.4 is 4.74 Å². The van der Waals surface area contributed by atoms with Gasteiger partial charge in [-0.15, -0.1) is 4.79 Å². The van der Waals surface area contributed by atoms with Crippen LogP contribution in [0, 0.1) is 19.3 Å². The van der Waals surface area contributed by atoms with Crippen LogP contribution in [0.25, 0.3) is 5.53 Å². The van der Waals surface area contributed by atoms with E-state index < -0.39 is 32.0 Å². The van der Waals surface area contributed by atoms with Gasteiger partial charge in [-0.2, -0.15) is 0 Å². The van der Waals surface area contributed by atoms with Crippen LogP contribution in [0.1, 0.15) is 42.3 Å². The van der Waals surface area contributed by atoms with Crippen LogP contribution >= 0.6 is 0 Å². The van der Waals surface area contributed by atoms with Gasteiger partial charge in [0.2, 0.25) is 0 Å². The highest BCUT2D eigenvalue weighted by Crippen LogP contribution is 2.23. The van der Waals surface area contributed by atoms with Crippen LogP contribution in [-0.4, -0.2) is 30.0 Å². The summed E-state index contributed by atoms with van der Waals surface area (Å²) in [4.78, 5) is 27.2. The lowest BCUT2D eigenvalue weighted by Crippen LogP contribution is -2.27. The number of aryl methyl sites for hydroxylation is 2. The predicted octanol–water partition coefficient (Wildman–Crippen LogP) is 3.54. The molecule has 0 bridgehead atoms. The van der Waals surface area contributed by atoms with Gasteiger partial charge in [0.1, 0.15) is 5.75 Å². The van der Waals surface area contributed by atoms with E-state index in [-0.39, 0.29) is 16.2 Å². The van der Waals surface area contributed by atoms with Crippen molar-refractivity contribution in [2.45, 2.75) is 39.5 Å². The molecule has 0 unspecified atom stereocenters. The highest BCUT2D eigenvalue weighted by molar-refractivity contribution is 8.08. The van der Waals surface area contributed by atoms with E-state index in [0.717, 1.165) is 5.56 Å². The second-order valence-electron chi connectivity index (χ2n) is 7.67. The topological polar surface area (TPSA) is 114 Å². The van der Waals surface area contributed by atoms with E-state index >= 15 is 0 Å². The Morgan fingerprint density at radius 2 is 1.59 bits per heavy atom. The Kier molecular flexibility index (Phi) is 6.21. The molecule has 0 radical (unpaired) electrons. The molecule has 0 saturated carbocycles. The van der Waals surface area contributed by atoms with E-state index in [0.29, 0.717) is 5.56 Å². The smallest absolute Gasteiger partial charge is 0.426 e. The van der Waals surface area contributed by atoms with Crippen LogP contribution in [0.3, 0.4) is 0 Å². The summed E-state index contributed by atoms with van der Waals surface area (Å²) in [5.74, 6) is -1.23. The zero-order valence-corrected chi connectivity index (χ0v) is 17.7. The third-order valence-corrected chi connectivity index (χ3v) is 5.79. The van der Waals surface area contributed by atoms with Gasteiger partial charge >= 0.3 is 11.0 Å². The van der Waals surface area contributed by atoms with Crippen molar-refractivity contribution < 1.29 is 27.5 Å². The van der Waals surface area contributed by atoms with E-state index in [4.69, 9.17) is 4.74 Å². The highest BCUT2D eigenvalue weighted by atomic mass is 32.2. The number of ketones is 1. The molecule has 0 aliphatic carbocycles. The second kappa shape index (κ2) is 8.11. The molecule has 0 atom stereocenters. The summed E-state index contributed by atoms with van der Waals surface area (Å²) >= 11 is 0. The molecule has 0 aliphatic rings. The first kappa shape index (κ1) is 22.2. The maximum atomic E-state index is 12.8. The van der Waals surface area contributed by atoms with Crippen molar-refractivity contribution in [2.24, 2.45) is 5.41 Å². The summed E-state index contributed by atoms with van der Waals surface area (Å²) < 4.78 is 30.9. The Hall–Kier alpha value is -3.09. The van der Waals surface area contributed by atoms with Crippen molar-refractivity contribution in [3.63, 3.8) is 0 Å². The number of rotatable bonds is 4. The molecule has 2 rings (SSSR count). The van der Waals surface area contributed by atoms with Gasteiger partial charge in [0.25, 0.3) is 15.6 Å². The summed E-state index contributed by atoms with van der Waals surface area (Å²) in [6, 6.07) is 9.85. The highest BCUT2D eigenvalue weighted by Gasteiger charge is 2.38. The number of ether oxygens (including phenoxy) is 1. The maximum Gasteiger partial charge on any atom is 0.456 e. The van der Waals surface area contributed by atoms with Crippen molar-refractivity contribution in [3.05, 3.63) is 64.7 Å². The summed E-state index contributed by atoms with van der Waals surface area (Å²) in [5, 5.41) is -0.983. The summed E-state index contributed by atoms with van der Waals surface area (Å²) in [5.41, 5.74) is 10.2. The molecule has 0 amide bonds. The molecule has 0 heterocycles. The number of nitrogens with zero attached hydrogens (tertiary/aromatic N) is 2. The Morgan fingerprint density at radius 3 is 2.07 bits per heavy atom. The van der Waals surface area contributed by atoms with Gasteiger partial charge in [0, 0.05) is 5.56 Å². The molecule has 0 fully saturated rings. The van der Waals surface area contributed by atoms with E-state index in [1.807, 2.05) is 6.92 Å². The van der Waals surface area contributed by atoms with Crippen LogP contribution in [0.15, 0.2) is 47.4 Å². The molecule has 29 heavy (non-hydrogen) atoms. The molecule has 2 aromatic rings. The van der Waals surface area contributed by atoms with Crippen LogP contribution in [0.5, 0.6) is 5.75 Å². The third-order valence-electron chi connectivity index (χ3n) is 4.12. The number of benzene rings is 2. The molecular weight excluding hydrogens is 392 g/mol. The lowest BCUT2D eigenvalue weighted by Gasteiger charge is -2.16. The van der Waals surface area contributed by atoms with Gasteiger partial charge in [0.15, 0.2) is 0 Å². The Labute approximate surface area is 169 Å². The SMILES string of the molecule is Cc1ccc(C(=O)C(=[N+]=[N-])S(=O)(=O)c2ccc(OC(=O)C(C)(C)C)cc2)c(C)c1. The molecule has 0 spiro atoms. The van der Waals surface area contributed by atoms with Gasteiger partial charge in [-0.05, 0) is 64.4 Å². The third kappa shape index (κ3) is 4.85. The minimum Gasteiger partial charge on any atom is -0.426 e. The predicted molar refractivity (Wildman–Crippen MR) is 108 cm³/mol. The lowest BCUT2D eigenvalue weighted by atomic mass is 9.97. The first-order valence-electron chi connectivity index (χ1n) is 8.79. The van der Waals surface area contributed by atoms with E-state index in [1.165, 1.54) is 30.3 Å². The van der Waals surface area contributed by atoms with Crippen molar-refractivity contribution in [2.75, 3.05) is 0 Å². The van der Waals surface area contributed by atoms with Gasteiger partial charge in [-0.1, -0.05) is 23.8 Å². The first-order chi connectivity index (χ1) is 13.4. The van der Waals surface area contributed by atoms with Crippen LogP contribution in [-0.2, 0) is 14.6 Å². The monoisotopic (exact) mass is 414 g/mol. The lowest BCUT2D eigenvalue weighted by molar-refractivity contribution is -0.143. The quantitative estimate of drug-likeness (QED) is 0.144. The Bertz CT molecular complexity index is 1120. The van der Waals surface area contributed by atoms with Gasteiger partial charge in [0.05, 0.1) is 10.3 Å². The number of esters is 1. The number of hydrogen-bond donors (Lipinski definition) is 0. The summed E-state index contributed by atoms with van der Waals surface area (Å²) in [6.45, 7) is 8.58. The average molecular weight is 414 g/mol. The number of carbonyl (C=O) groups excluding carboxylic acids is 2. The van der Waals surface area contributed by atoms with E-state index in [9.17, 15) is 23.5 Å². The molecule has 0 saturated heterocycles. The zero-order valence-electron chi connectivity index (χ0n) is 16.9. The van der Waals surface area contributed by atoms with Gasteiger partial charge < -0.3 is 10.3 Å². The van der Waals surface area contributed by atoms with Crippen molar-refractivity contribution in [1.82, 2.24) is 0 Å². The van der Waals surface area contributed by atoms with Gasteiger partial charge in [-0.3, -0.25) is 9.59 Å². The zero-order chi connectivity index (χ0) is 22.0. The number of Topliss-reactive ketones (excluding diaryl/α,β-unsaturated/α-hetero) is 1. The number of hydrogen-bond acceptors (Lipinski definition) is 5. The fourth-order valence-electron chi connectivity index (χ4n) is 2.46. The molecule has 8 heteroatoms. The molecular formula is C21H22N2O5S. The fraction of sp³-hybridized carbons (Fsp3) is 0.286. The Morgan fingerprint density at radius 1 is 1.00 bits per heavy atom. The van der Waals surface area contributed by atoms with E-state index in [1.54, 1.807) is 39.8 Å². The first-order valence-corrected chi connectivity index (χ1v) is 10.3. The van der Waals surface area contributed by atoms with Crippen molar-refractivity contribution >= 4 is 26.6 Å². The average Bonchev–Trinajstić information content (AvgIpc) is 2.61. The molecule has 152 valence electrons. The molecule has 7 nitrogen and oxygen atoms in total. The largest absolute Gasteiger partial charge is 0.456 e. The maximum absolute atomic E-state index is 12.8. The minimum absolute atomic E-state index is 0.128. The van der Waals surface area contributed by atoms with Gasteiger partial charge in [-0.25, -0.2) is 8.42 Å². The summed E-state index contributed by atoms with van der Waals surface area (Å²) in [6.07, 6.45) is 0. The van der Waals surface area contributed by atoms with Crippen LogP contribution in [0.4, 0.5) is 0 Å². The van der Waals surface area contributed by atoms with Crippen molar-refractivity contribution in [3.8, 4) is 5.75 Å². The number of sulfone groups is 1. The fourth-order valence-corrected chi connectivity index (χ4v) is 3.64. The normalized spacial score (nSPS) is 11.5. The second-order valence-corrected chi connectivity index (χ2v) is 9.53. The number of carbonyl (C=O) groups is 2. The molecule has 0 aliphatic heterocycles. The summed E-state index contributed by atoms with van der Waals surface area (Å²) in [7, 11) is -4.39. The van der Waals surface area contributed by atoms with E-state index in [2.05, 4.69) is 4.79 Å². The van der Waals surface area contributed by atoms with Crippen molar-refractivity contribution in [1.29, 1.82) is 0 Å². The standard InChI is InChI=1S/C21H22N2O5S/c1-13-6-11-17(14(2)12-13)18(24)19(23-22)29(26,27)16-9-7-15(8-10-16)28-20(25)21(3,4)5/h6-12H,1-5H3. The molecule has 0 aromatic heterocycles. The molecule has 2 aromatic carbocycles. The molecule has 0 N–H and O–H groups in total. The minimum atomic E-state index is -4.39. The van der Waals surface area contributed by atoms with Crippen LogP contribution in [0.2, 0.25) is 0 Å². The Balaban J connectivity index is 2.36.